The summed E-state index contributed by atoms with van der Waals surface area (Å²) in [5, 5.41) is 2.70. The molecule has 0 saturated carbocycles. The van der Waals surface area contributed by atoms with Crippen molar-refractivity contribution in [1.82, 2.24) is 0 Å². The molecule has 0 aliphatic heterocycles. The summed E-state index contributed by atoms with van der Waals surface area (Å²) in [7, 11) is 0. The molecule has 0 unspecified atom stereocenters. The minimum Gasteiger partial charge on any atom is -0.494 e. The molecule has 0 aliphatic rings. The van der Waals surface area contributed by atoms with Gasteiger partial charge in [0.1, 0.15) is 5.75 Å². The maximum atomic E-state index is 11.3. The molecular formula is C11H17ClN2O2. The number of anilines is 1. The van der Waals surface area contributed by atoms with Gasteiger partial charge in [-0.25, -0.2) is 0 Å². The molecule has 1 atom stereocenters. The maximum Gasteiger partial charge on any atom is 0.241 e. The fraction of sp³-hybridized carbons (Fsp3) is 0.364. The summed E-state index contributed by atoms with van der Waals surface area (Å²) in [5.74, 6) is 0.531. The molecule has 0 aliphatic carbocycles. The van der Waals surface area contributed by atoms with Crippen molar-refractivity contribution in [3.05, 3.63) is 24.3 Å². The smallest absolute Gasteiger partial charge is 0.241 e. The van der Waals surface area contributed by atoms with Crippen LogP contribution < -0.4 is 15.8 Å². The van der Waals surface area contributed by atoms with Crippen LogP contribution in [0.3, 0.4) is 0 Å². The van der Waals surface area contributed by atoms with Crippen molar-refractivity contribution in [2.24, 2.45) is 5.73 Å². The third-order valence-corrected chi connectivity index (χ3v) is 1.83. The summed E-state index contributed by atoms with van der Waals surface area (Å²) in [6.45, 7) is 4.15. The fourth-order valence-electron chi connectivity index (χ4n) is 1.09. The summed E-state index contributed by atoms with van der Waals surface area (Å²) in [6, 6.07) is 6.71. The first-order chi connectivity index (χ1) is 7.13. The average Bonchev–Trinajstić information content (AvgIpc) is 2.18. The van der Waals surface area contributed by atoms with Crippen molar-refractivity contribution in [2.75, 3.05) is 11.9 Å². The second kappa shape index (κ2) is 7.09. The summed E-state index contributed by atoms with van der Waals surface area (Å²) in [4.78, 5) is 11.3. The molecule has 0 aromatic heterocycles. The van der Waals surface area contributed by atoms with Crippen LogP contribution in [-0.4, -0.2) is 18.6 Å². The molecule has 90 valence electrons. The van der Waals surface area contributed by atoms with Crippen LogP contribution >= 0.6 is 12.4 Å². The molecule has 0 heterocycles. The number of hydrogen-bond donors (Lipinski definition) is 2. The van der Waals surface area contributed by atoms with Crippen molar-refractivity contribution < 1.29 is 9.53 Å². The Labute approximate surface area is 102 Å². The molecule has 3 N–H and O–H groups in total. The molecule has 5 heteroatoms. The minimum absolute atomic E-state index is 0. The molecule has 0 radical (unpaired) electrons. The van der Waals surface area contributed by atoms with E-state index in [0.29, 0.717) is 12.3 Å². The lowest BCUT2D eigenvalue weighted by atomic mass is 10.2. The highest BCUT2D eigenvalue weighted by molar-refractivity contribution is 5.94. The molecule has 0 fully saturated rings. The molecular weight excluding hydrogens is 228 g/mol. The van der Waals surface area contributed by atoms with Gasteiger partial charge in [-0.3, -0.25) is 4.79 Å². The van der Waals surface area contributed by atoms with Crippen molar-refractivity contribution in [1.29, 1.82) is 0 Å². The van der Waals surface area contributed by atoms with E-state index in [-0.39, 0.29) is 18.3 Å². The molecule has 1 aromatic rings. The van der Waals surface area contributed by atoms with E-state index >= 15 is 0 Å². The molecule has 0 bridgehead atoms. The van der Waals surface area contributed by atoms with E-state index in [1.54, 1.807) is 19.1 Å². The van der Waals surface area contributed by atoms with E-state index < -0.39 is 6.04 Å². The van der Waals surface area contributed by atoms with E-state index in [1.807, 2.05) is 19.1 Å². The van der Waals surface area contributed by atoms with Gasteiger partial charge in [0.2, 0.25) is 5.91 Å². The zero-order valence-corrected chi connectivity index (χ0v) is 10.2. The van der Waals surface area contributed by atoms with Gasteiger partial charge in [-0.05, 0) is 26.0 Å². The molecule has 1 amide bonds. The van der Waals surface area contributed by atoms with Crippen molar-refractivity contribution in [3.63, 3.8) is 0 Å². The van der Waals surface area contributed by atoms with Gasteiger partial charge in [0.15, 0.2) is 0 Å². The van der Waals surface area contributed by atoms with E-state index in [9.17, 15) is 4.79 Å². The van der Waals surface area contributed by atoms with E-state index in [1.165, 1.54) is 0 Å². The van der Waals surface area contributed by atoms with Crippen LogP contribution in [0.4, 0.5) is 5.69 Å². The zero-order valence-electron chi connectivity index (χ0n) is 9.40. The first-order valence-corrected chi connectivity index (χ1v) is 4.92. The lowest BCUT2D eigenvalue weighted by Crippen LogP contribution is -2.32. The molecule has 16 heavy (non-hydrogen) atoms. The van der Waals surface area contributed by atoms with Crippen LogP contribution in [0.15, 0.2) is 24.3 Å². The molecule has 0 spiro atoms. The minimum atomic E-state index is -0.513. The Kier molecular flexibility index (Phi) is 6.53. The topological polar surface area (TPSA) is 64.3 Å². The van der Waals surface area contributed by atoms with Crippen LogP contribution in [0.25, 0.3) is 0 Å². The van der Waals surface area contributed by atoms with Crippen molar-refractivity contribution >= 4 is 24.0 Å². The fourth-order valence-corrected chi connectivity index (χ4v) is 1.09. The number of benzene rings is 1. The van der Waals surface area contributed by atoms with Crippen LogP contribution in [0.1, 0.15) is 13.8 Å². The summed E-state index contributed by atoms with van der Waals surface area (Å²) in [5.41, 5.74) is 6.13. The van der Waals surface area contributed by atoms with E-state index in [4.69, 9.17) is 10.5 Å². The number of rotatable bonds is 4. The lowest BCUT2D eigenvalue weighted by Gasteiger charge is -2.09. The number of ether oxygens (including phenoxy) is 1. The van der Waals surface area contributed by atoms with Gasteiger partial charge in [-0.15, -0.1) is 12.4 Å². The predicted octanol–water partition coefficient (Wildman–Crippen LogP) is 1.79. The number of hydrogen-bond acceptors (Lipinski definition) is 3. The Morgan fingerprint density at radius 2 is 2.25 bits per heavy atom. The lowest BCUT2D eigenvalue weighted by molar-refractivity contribution is -0.117. The van der Waals surface area contributed by atoms with Gasteiger partial charge in [0.05, 0.1) is 12.6 Å². The van der Waals surface area contributed by atoms with Crippen LogP contribution in [0.2, 0.25) is 0 Å². The number of nitrogens with two attached hydrogens (primary N) is 1. The van der Waals surface area contributed by atoms with Gasteiger partial charge in [-0.2, -0.15) is 0 Å². The summed E-state index contributed by atoms with van der Waals surface area (Å²) >= 11 is 0. The number of amides is 1. The number of halogens is 1. The maximum absolute atomic E-state index is 11.3. The number of carbonyl (C=O) groups excluding carboxylic acids is 1. The normalized spacial score (nSPS) is 11.2. The molecule has 1 rings (SSSR count). The summed E-state index contributed by atoms with van der Waals surface area (Å²) < 4.78 is 5.31. The van der Waals surface area contributed by atoms with Crippen molar-refractivity contribution in [3.8, 4) is 5.75 Å². The molecule has 0 saturated heterocycles. The highest BCUT2D eigenvalue weighted by Gasteiger charge is 2.07. The second-order valence-corrected chi connectivity index (χ2v) is 3.24. The Balaban J connectivity index is 0.00000225. The van der Waals surface area contributed by atoms with Gasteiger partial charge in [0, 0.05) is 11.8 Å². The quantitative estimate of drug-likeness (QED) is 0.849. The molecule has 4 nitrogen and oxygen atoms in total. The SMILES string of the molecule is CCOc1cccc(NC(=O)[C@@H](C)N)c1.Cl. The standard InChI is InChI=1S/C11H16N2O2.ClH/c1-3-15-10-6-4-5-9(7-10)13-11(14)8(2)12;/h4-8H,3,12H2,1-2H3,(H,13,14);1H/t8-;/m1./s1. The number of carbonyl (C=O) groups is 1. The van der Waals surface area contributed by atoms with Crippen molar-refractivity contribution in [2.45, 2.75) is 19.9 Å². The van der Waals surface area contributed by atoms with Gasteiger partial charge in [0.25, 0.3) is 0 Å². The first-order valence-electron chi connectivity index (χ1n) is 4.92. The Morgan fingerprint density at radius 3 is 2.81 bits per heavy atom. The first kappa shape index (κ1) is 14.7. The largest absolute Gasteiger partial charge is 0.494 e. The highest BCUT2D eigenvalue weighted by Crippen LogP contribution is 2.17. The monoisotopic (exact) mass is 244 g/mol. The second-order valence-electron chi connectivity index (χ2n) is 3.24. The van der Waals surface area contributed by atoms with Crippen LogP contribution in [-0.2, 0) is 4.79 Å². The Morgan fingerprint density at radius 1 is 1.56 bits per heavy atom. The van der Waals surface area contributed by atoms with Gasteiger partial charge in [-0.1, -0.05) is 6.07 Å². The van der Waals surface area contributed by atoms with Crippen LogP contribution in [0.5, 0.6) is 5.75 Å². The van der Waals surface area contributed by atoms with E-state index in [0.717, 1.165) is 5.75 Å². The van der Waals surface area contributed by atoms with Gasteiger partial charge < -0.3 is 15.8 Å². The van der Waals surface area contributed by atoms with Gasteiger partial charge >= 0.3 is 0 Å². The van der Waals surface area contributed by atoms with E-state index in [2.05, 4.69) is 5.32 Å². The summed E-state index contributed by atoms with van der Waals surface area (Å²) in [6.07, 6.45) is 0. The molecule has 1 aromatic carbocycles. The third kappa shape index (κ3) is 4.51. The third-order valence-electron chi connectivity index (χ3n) is 1.83. The average molecular weight is 245 g/mol. The zero-order chi connectivity index (χ0) is 11.3. The van der Waals surface area contributed by atoms with Crippen LogP contribution in [0, 0.1) is 0 Å². The number of nitrogens with one attached hydrogen (secondary N) is 1. The Hall–Kier alpha value is -1.26. The predicted molar refractivity (Wildman–Crippen MR) is 67.1 cm³/mol. The Bertz CT molecular complexity index is 343. The highest BCUT2D eigenvalue weighted by atomic mass is 35.5.